The van der Waals surface area contributed by atoms with Crippen LogP contribution in [0.4, 0.5) is 0 Å². The number of H-pyrrole nitrogens is 1. The fraction of sp³-hybridized carbons (Fsp3) is 0. The predicted octanol–water partition coefficient (Wildman–Crippen LogP) is 5.72. The van der Waals surface area contributed by atoms with Gasteiger partial charge >= 0.3 is 0 Å². The van der Waals surface area contributed by atoms with Crippen molar-refractivity contribution in [3.05, 3.63) is 133 Å². The monoisotopic (exact) mass is 457 g/mol. The molecule has 0 atom stereocenters. The average Bonchev–Trinajstić information content (AvgIpc) is 3.44. The Morgan fingerprint density at radius 3 is 1.61 bits per heavy atom. The van der Waals surface area contributed by atoms with E-state index in [-0.39, 0.29) is 4.91 Å². The van der Waals surface area contributed by atoms with Gasteiger partial charge in [0.2, 0.25) is 0 Å². The lowest BCUT2D eigenvalue weighted by molar-refractivity contribution is 0.496. The van der Waals surface area contributed by atoms with Crippen molar-refractivity contribution >= 4 is 31.9 Å². The Kier molecular flexibility index (Phi) is 8.64. The largest absolute Gasteiger partial charge is 0.295 e. The Balaban J connectivity index is 0.000000168. The van der Waals surface area contributed by atoms with Gasteiger partial charge in [0.25, 0.3) is 10.1 Å². The van der Waals surface area contributed by atoms with Crippen molar-refractivity contribution < 1.29 is 13.0 Å². The quantitative estimate of drug-likeness (QED) is 0.267. The Hall–Kier alpha value is -4.07. The van der Waals surface area contributed by atoms with Crippen LogP contribution in [0, 0.1) is 0 Å². The SMILES string of the molecule is O=S(=O)(O)C(=Cc1ccccc1)c1ccccc1.c1c[nH]nn1.c1ccc2ccccc2c1. The molecule has 166 valence electrons. The minimum atomic E-state index is -4.26. The zero-order valence-electron chi connectivity index (χ0n) is 17.7. The summed E-state index contributed by atoms with van der Waals surface area (Å²) >= 11 is 0. The normalized spacial score (nSPS) is 11.0. The maximum Gasteiger partial charge on any atom is 0.295 e. The highest BCUT2D eigenvalue weighted by molar-refractivity contribution is 7.95. The average molecular weight is 458 g/mol. The highest BCUT2D eigenvalue weighted by Crippen LogP contribution is 2.22. The minimum absolute atomic E-state index is 0.102. The summed E-state index contributed by atoms with van der Waals surface area (Å²) in [6.07, 6.45) is 4.69. The molecule has 0 unspecified atom stereocenters. The van der Waals surface area contributed by atoms with Crippen molar-refractivity contribution in [1.82, 2.24) is 15.4 Å². The second kappa shape index (κ2) is 12.1. The number of benzene rings is 4. The second-order valence-corrected chi connectivity index (χ2v) is 8.16. The van der Waals surface area contributed by atoms with Gasteiger partial charge in [-0.1, -0.05) is 114 Å². The van der Waals surface area contributed by atoms with Crippen molar-refractivity contribution in [3.8, 4) is 0 Å². The first-order valence-electron chi connectivity index (χ1n) is 10.1. The van der Waals surface area contributed by atoms with Crippen LogP contribution in [-0.2, 0) is 10.1 Å². The van der Waals surface area contributed by atoms with E-state index in [0.29, 0.717) is 11.1 Å². The van der Waals surface area contributed by atoms with Crippen molar-refractivity contribution in [3.63, 3.8) is 0 Å². The van der Waals surface area contributed by atoms with Crippen LogP contribution < -0.4 is 0 Å². The topological polar surface area (TPSA) is 95.9 Å². The van der Waals surface area contributed by atoms with Crippen LogP contribution in [0.25, 0.3) is 21.8 Å². The van der Waals surface area contributed by atoms with Crippen LogP contribution in [0.15, 0.2) is 122 Å². The van der Waals surface area contributed by atoms with Crippen molar-refractivity contribution in [2.45, 2.75) is 0 Å². The molecule has 5 rings (SSSR count). The van der Waals surface area contributed by atoms with Crippen molar-refractivity contribution in [2.75, 3.05) is 0 Å². The van der Waals surface area contributed by atoms with E-state index in [2.05, 4.69) is 63.9 Å². The smallest absolute Gasteiger partial charge is 0.282 e. The molecule has 7 heteroatoms. The first-order valence-corrected chi connectivity index (χ1v) is 11.5. The molecule has 4 aromatic carbocycles. The lowest BCUT2D eigenvalue weighted by Crippen LogP contribution is -2.00. The predicted molar refractivity (Wildman–Crippen MR) is 133 cm³/mol. The number of hydrogen-bond acceptors (Lipinski definition) is 4. The van der Waals surface area contributed by atoms with Crippen LogP contribution in [-0.4, -0.2) is 28.4 Å². The number of aromatic amines is 1. The van der Waals surface area contributed by atoms with Crippen LogP contribution in [0.2, 0.25) is 0 Å². The molecule has 0 aliphatic carbocycles. The molecular formula is C26H23N3O3S. The second-order valence-electron chi connectivity index (χ2n) is 6.77. The van der Waals surface area contributed by atoms with Gasteiger partial charge in [-0.15, -0.1) is 5.10 Å². The molecule has 6 nitrogen and oxygen atoms in total. The zero-order valence-corrected chi connectivity index (χ0v) is 18.5. The van der Waals surface area contributed by atoms with Crippen molar-refractivity contribution in [2.24, 2.45) is 0 Å². The molecule has 33 heavy (non-hydrogen) atoms. The first-order chi connectivity index (χ1) is 16.0. The fourth-order valence-corrected chi connectivity index (χ4v) is 3.63. The van der Waals surface area contributed by atoms with E-state index in [4.69, 9.17) is 0 Å². The molecule has 0 amide bonds. The third-order valence-electron chi connectivity index (χ3n) is 4.42. The van der Waals surface area contributed by atoms with E-state index in [1.54, 1.807) is 67.0 Å². The first kappa shape index (κ1) is 23.6. The molecule has 0 aliphatic heterocycles. The van der Waals surface area contributed by atoms with Crippen LogP contribution in [0.3, 0.4) is 0 Å². The number of nitrogens with one attached hydrogen (secondary N) is 1. The number of aromatic nitrogens is 3. The lowest BCUT2D eigenvalue weighted by atomic mass is 10.1. The summed E-state index contributed by atoms with van der Waals surface area (Å²) < 4.78 is 32.1. The highest BCUT2D eigenvalue weighted by Gasteiger charge is 2.15. The third-order valence-corrected chi connectivity index (χ3v) is 5.33. The molecule has 5 aromatic rings. The molecule has 0 radical (unpaired) electrons. The molecule has 0 spiro atoms. The molecular weight excluding hydrogens is 434 g/mol. The van der Waals surface area contributed by atoms with E-state index in [1.807, 2.05) is 6.07 Å². The number of fused-ring (bicyclic) bond motifs is 1. The van der Waals surface area contributed by atoms with Gasteiger partial charge < -0.3 is 0 Å². The van der Waals surface area contributed by atoms with E-state index in [1.165, 1.54) is 16.8 Å². The molecule has 0 fully saturated rings. The molecule has 2 N–H and O–H groups in total. The van der Waals surface area contributed by atoms with Gasteiger partial charge in [0.05, 0.1) is 6.20 Å². The summed E-state index contributed by atoms with van der Waals surface area (Å²) in [6, 6.07) is 34.2. The molecule has 0 saturated heterocycles. The van der Waals surface area contributed by atoms with Gasteiger partial charge in [-0.05, 0) is 28.0 Å². The van der Waals surface area contributed by atoms with E-state index < -0.39 is 10.1 Å². The Morgan fingerprint density at radius 1 is 0.727 bits per heavy atom. The lowest BCUT2D eigenvalue weighted by Gasteiger charge is -2.04. The van der Waals surface area contributed by atoms with Crippen LogP contribution in [0.5, 0.6) is 0 Å². The van der Waals surface area contributed by atoms with E-state index in [0.717, 1.165) is 0 Å². The molecule has 0 saturated carbocycles. The number of hydrogen-bond donors (Lipinski definition) is 2. The van der Waals surface area contributed by atoms with Crippen LogP contribution >= 0.6 is 0 Å². The summed E-state index contributed by atoms with van der Waals surface area (Å²) in [6.45, 7) is 0. The maximum absolute atomic E-state index is 11.4. The summed E-state index contributed by atoms with van der Waals surface area (Å²) in [5.41, 5.74) is 1.18. The Bertz CT molecular complexity index is 1290. The van der Waals surface area contributed by atoms with Gasteiger partial charge in [-0.25, -0.2) is 0 Å². The summed E-state index contributed by atoms with van der Waals surface area (Å²) in [5.74, 6) is 0. The van der Waals surface area contributed by atoms with E-state index >= 15 is 0 Å². The Morgan fingerprint density at radius 2 is 1.21 bits per heavy atom. The van der Waals surface area contributed by atoms with Crippen molar-refractivity contribution in [1.29, 1.82) is 0 Å². The Labute approximate surface area is 193 Å². The minimum Gasteiger partial charge on any atom is -0.282 e. The van der Waals surface area contributed by atoms with Gasteiger partial charge in [0.15, 0.2) is 0 Å². The van der Waals surface area contributed by atoms with Gasteiger partial charge in [-0.3, -0.25) is 9.65 Å². The molecule has 0 bridgehead atoms. The van der Waals surface area contributed by atoms with E-state index in [9.17, 15) is 13.0 Å². The summed E-state index contributed by atoms with van der Waals surface area (Å²) in [7, 11) is -4.26. The molecule has 1 aromatic heterocycles. The van der Waals surface area contributed by atoms with Gasteiger partial charge in [-0.2, -0.15) is 8.42 Å². The van der Waals surface area contributed by atoms with Gasteiger partial charge in [0, 0.05) is 6.20 Å². The fourth-order valence-electron chi connectivity index (χ4n) is 2.91. The van der Waals surface area contributed by atoms with Crippen LogP contribution in [0.1, 0.15) is 11.1 Å². The molecule has 1 heterocycles. The molecule has 0 aliphatic rings. The highest BCUT2D eigenvalue weighted by atomic mass is 32.2. The summed E-state index contributed by atoms with van der Waals surface area (Å²) in [5, 5.41) is 11.9. The summed E-state index contributed by atoms with van der Waals surface area (Å²) in [4.78, 5) is -0.102. The zero-order chi connectivity index (χ0) is 23.4. The van der Waals surface area contributed by atoms with Gasteiger partial charge in [0.1, 0.15) is 4.91 Å². The number of rotatable bonds is 3. The number of nitrogens with zero attached hydrogens (tertiary/aromatic N) is 2. The third kappa shape index (κ3) is 7.84. The standard InChI is InChI=1S/C14H12O3S.C10H8.C2H3N3/c15-18(16,17)14(13-9-5-2-6-10-13)11-12-7-3-1-4-8-12;1-2-6-10-8-4-3-7-9(10)5-1;1-2-4-5-3-1/h1-11H,(H,15,16,17);1-8H;1-2H,(H,3,4,5). The maximum atomic E-state index is 11.4.